The highest BCUT2D eigenvalue weighted by atomic mass is 32.2. The van der Waals surface area contributed by atoms with Crippen LogP contribution in [0.25, 0.3) is 0 Å². The van der Waals surface area contributed by atoms with E-state index in [1.54, 1.807) is 41.5 Å². The molecule has 0 aromatic heterocycles. The van der Waals surface area contributed by atoms with Crippen LogP contribution in [0, 0.1) is 10.8 Å². The van der Waals surface area contributed by atoms with Crippen LogP contribution in [0.5, 0.6) is 0 Å². The van der Waals surface area contributed by atoms with Gasteiger partial charge in [-0.25, -0.2) is 8.42 Å². The Morgan fingerprint density at radius 1 is 0.765 bits per heavy atom. The molecule has 1 aliphatic rings. The molecule has 98 valence electrons. The summed E-state index contributed by atoms with van der Waals surface area (Å²) in [5.41, 5.74) is -1.46. The zero-order valence-electron chi connectivity index (χ0n) is 11.2. The van der Waals surface area contributed by atoms with Gasteiger partial charge in [0.25, 0.3) is 0 Å². The average Bonchev–Trinajstić information content (AvgIpc) is 2.62. The molecule has 0 bridgehead atoms. The fraction of sp³-hybridized carbons (Fsp3) is 0.833. The van der Waals surface area contributed by atoms with Crippen molar-refractivity contribution in [3.8, 4) is 0 Å². The Bertz CT molecular complexity index is 422. The van der Waals surface area contributed by atoms with Crippen molar-refractivity contribution in [2.45, 2.75) is 52.0 Å². The van der Waals surface area contributed by atoms with Crippen molar-refractivity contribution in [1.82, 2.24) is 0 Å². The molecule has 1 heterocycles. The predicted octanol–water partition coefficient (Wildman–Crippen LogP) is 1.38. The zero-order valence-corrected chi connectivity index (χ0v) is 12.0. The summed E-state index contributed by atoms with van der Waals surface area (Å²) < 4.78 is 23.5. The van der Waals surface area contributed by atoms with Gasteiger partial charge >= 0.3 is 0 Å². The van der Waals surface area contributed by atoms with E-state index in [9.17, 15) is 18.0 Å². The Morgan fingerprint density at radius 2 is 1.00 bits per heavy atom. The number of hydrogen-bond acceptors (Lipinski definition) is 4. The molecule has 0 radical (unpaired) electrons. The number of carbonyl (C=O) groups excluding carboxylic acids is 2. The first-order chi connectivity index (χ1) is 7.31. The minimum atomic E-state index is -3.56. The van der Waals surface area contributed by atoms with E-state index in [0.29, 0.717) is 0 Å². The molecule has 2 atom stereocenters. The molecule has 1 aliphatic heterocycles. The standard InChI is InChI=1S/C12H20O4S/c1-11(2,3)9(13)7-8(17(7,15)16)10(14)12(4,5)6/h7-8H,1-6H3/t7-,8-/m1/s1. The zero-order chi connectivity index (χ0) is 13.8. The molecule has 1 saturated heterocycles. The van der Waals surface area contributed by atoms with E-state index in [4.69, 9.17) is 0 Å². The minimum Gasteiger partial charge on any atom is -0.298 e. The summed E-state index contributed by atoms with van der Waals surface area (Å²) in [4.78, 5) is 23.9. The van der Waals surface area contributed by atoms with Gasteiger partial charge in [-0.1, -0.05) is 41.5 Å². The van der Waals surface area contributed by atoms with E-state index in [-0.39, 0.29) is 11.6 Å². The topological polar surface area (TPSA) is 68.3 Å². The van der Waals surface area contributed by atoms with Crippen molar-refractivity contribution >= 4 is 21.4 Å². The van der Waals surface area contributed by atoms with Crippen molar-refractivity contribution in [2.24, 2.45) is 10.8 Å². The summed E-state index contributed by atoms with van der Waals surface area (Å²) in [6.07, 6.45) is 0. The second-order valence-corrected chi connectivity index (χ2v) is 8.85. The first-order valence-corrected chi connectivity index (χ1v) is 7.23. The van der Waals surface area contributed by atoms with Crippen molar-refractivity contribution in [2.75, 3.05) is 0 Å². The van der Waals surface area contributed by atoms with Gasteiger partial charge in [0.2, 0.25) is 0 Å². The number of hydrogen-bond donors (Lipinski definition) is 0. The van der Waals surface area contributed by atoms with Gasteiger partial charge in [-0.2, -0.15) is 0 Å². The van der Waals surface area contributed by atoms with E-state index >= 15 is 0 Å². The van der Waals surface area contributed by atoms with Crippen molar-refractivity contribution in [1.29, 1.82) is 0 Å². The van der Waals surface area contributed by atoms with Crippen LogP contribution in [0.15, 0.2) is 0 Å². The van der Waals surface area contributed by atoms with Gasteiger partial charge in [-0.15, -0.1) is 0 Å². The number of sulfone groups is 1. The smallest absolute Gasteiger partial charge is 0.173 e. The molecule has 0 amide bonds. The molecule has 17 heavy (non-hydrogen) atoms. The molecule has 0 spiro atoms. The summed E-state index contributed by atoms with van der Waals surface area (Å²) in [7, 11) is -3.56. The van der Waals surface area contributed by atoms with Crippen molar-refractivity contribution in [3.05, 3.63) is 0 Å². The average molecular weight is 260 g/mol. The Kier molecular flexibility index (Phi) is 3.07. The van der Waals surface area contributed by atoms with E-state index < -0.39 is 31.2 Å². The molecule has 5 heteroatoms. The number of Topliss-reactive ketones (excluding diaryl/α,β-unsaturated/α-hetero) is 2. The lowest BCUT2D eigenvalue weighted by molar-refractivity contribution is -0.129. The molecule has 0 aromatic carbocycles. The molecular formula is C12H20O4S. The number of rotatable bonds is 2. The van der Waals surface area contributed by atoms with Crippen LogP contribution in [0.3, 0.4) is 0 Å². The molecule has 0 aliphatic carbocycles. The van der Waals surface area contributed by atoms with Crippen molar-refractivity contribution in [3.63, 3.8) is 0 Å². The lowest BCUT2D eigenvalue weighted by Crippen LogP contribution is -2.32. The summed E-state index contributed by atoms with van der Waals surface area (Å²) >= 11 is 0. The third-order valence-electron chi connectivity index (χ3n) is 2.90. The summed E-state index contributed by atoms with van der Waals surface area (Å²) in [5, 5.41) is -2.23. The number of ketones is 2. The van der Waals surface area contributed by atoms with Gasteiger partial charge in [0.15, 0.2) is 21.4 Å². The minimum absolute atomic E-state index is 0.361. The third kappa shape index (κ3) is 2.44. The van der Waals surface area contributed by atoms with Gasteiger partial charge in [0.1, 0.15) is 10.5 Å². The normalized spacial score (nSPS) is 27.6. The van der Waals surface area contributed by atoms with E-state index in [1.807, 2.05) is 0 Å². The van der Waals surface area contributed by atoms with Gasteiger partial charge in [0.05, 0.1) is 0 Å². The fourth-order valence-corrected chi connectivity index (χ4v) is 4.06. The molecule has 4 nitrogen and oxygen atoms in total. The summed E-state index contributed by atoms with van der Waals surface area (Å²) in [5.74, 6) is -0.722. The van der Waals surface area contributed by atoms with Gasteiger partial charge < -0.3 is 0 Å². The Labute approximate surface area is 103 Å². The quantitative estimate of drug-likeness (QED) is 0.703. The Balaban J connectivity index is 3.03. The highest BCUT2D eigenvalue weighted by molar-refractivity contribution is 8.01. The fourth-order valence-electron chi connectivity index (χ4n) is 1.70. The van der Waals surface area contributed by atoms with Crippen LogP contribution < -0.4 is 0 Å². The van der Waals surface area contributed by atoms with E-state index in [2.05, 4.69) is 0 Å². The molecular weight excluding hydrogens is 240 g/mol. The largest absolute Gasteiger partial charge is 0.298 e. The predicted molar refractivity (Wildman–Crippen MR) is 65.4 cm³/mol. The maximum atomic E-state index is 12.0. The monoisotopic (exact) mass is 260 g/mol. The van der Waals surface area contributed by atoms with Crippen LogP contribution in [0.2, 0.25) is 0 Å². The van der Waals surface area contributed by atoms with Crippen LogP contribution in [0.4, 0.5) is 0 Å². The maximum Gasteiger partial charge on any atom is 0.173 e. The van der Waals surface area contributed by atoms with Crippen molar-refractivity contribution < 1.29 is 18.0 Å². The van der Waals surface area contributed by atoms with Crippen LogP contribution in [-0.4, -0.2) is 30.5 Å². The first-order valence-electron chi connectivity index (χ1n) is 5.62. The maximum absolute atomic E-state index is 12.0. The summed E-state index contributed by atoms with van der Waals surface area (Å²) in [6.45, 7) is 10.0. The highest BCUT2D eigenvalue weighted by Crippen LogP contribution is 2.42. The lowest BCUT2D eigenvalue weighted by atomic mass is 9.83. The molecule has 0 aromatic rings. The second-order valence-electron chi connectivity index (χ2n) is 6.66. The molecule has 0 saturated carbocycles. The molecule has 1 fully saturated rings. The highest BCUT2D eigenvalue weighted by Gasteiger charge is 2.67. The number of carbonyl (C=O) groups is 2. The first kappa shape index (κ1) is 14.4. The van der Waals surface area contributed by atoms with Gasteiger partial charge in [-0.3, -0.25) is 9.59 Å². The molecule has 0 unspecified atom stereocenters. The molecule has 0 N–H and O–H groups in total. The third-order valence-corrected chi connectivity index (χ3v) is 4.98. The van der Waals surface area contributed by atoms with Crippen LogP contribution in [0.1, 0.15) is 41.5 Å². The summed E-state index contributed by atoms with van der Waals surface area (Å²) in [6, 6.07) is 0. The van der Waals surface area contributed by atoms with Crippen LogP contribution >= 0.6 is 0 Å². The van der Waals surface area contributed by atoms with Gasteiger partial charge in [-0.05, 0) is 0 Å². The Hall–Kier alpha value is -0.710. The SMILES string of the molecule is CC(C)(C)C(=O)[C@H]1[C@H](C(=O)C(C)(C)C)S1(=O)=O. The lowest BCUT2D eigenvalue weighted by Gasteiger charge is -2.17. The van der Waals surface area contributed by atoms with Gasteiger partial charge in [0, 0.05) is 10.8 Å². The molecule has 1 rings (SSSR count). The second kappa shape index (κ2) is 3.64. The Morgan fingerprint density at radius 3 is 1.18 bits per heavy atom. The van der Waals surface area contributed by atoms with E-state index in [0.717, 1.165) is 0 Å². The van der Waals surface area contributed by atoms with Crippen LogP contribution in [-0.2, 0) is 19.4 Å². The van der Waals surface area contributed by atoms with E-state index in [1.165, 1.54) is 0 Å².